The zero-order chi connectivity index (χ0) is 17.8. The van der Waals surface area contributed by atoms with Crippen molar-refractivity contribution in [3.05, 3.63) is 82.1 Å². The van der Waals surface area contributed by atoms with Crippen molar-refractivity contribution in [2.45, 2.75) is 0 Å². The molecular weight excluding hydrogens is 346 g/mol. The van der Waals surface area contributed by atoms with Crippen LogP contribution in [0.5, 0.6) is 0 Å². The number of hydrogen-bond acceptors (Lipinski definition) is 3. The Morgan fingerprint density at radius 3 is 1.36 bits per heavy atom. The van der Waals surface area contributed by atoms with Gasteiger partial charge in [0.15, 0.2) is 0 Å². The van der Waals surface area contributed by atoms with E-state index in [1.807, 2.05) is 0 Å². The molecule has 1 heterocycles. The van der Waals surface area contributed by atoms with Crippen LogP contribution < -0.4 is 10.6 Å². The van der Waals surface area contributed by atoms with Gasteiger partial charge in [0.2, 0.25) is 0 Å². The van der Waals surface area contributed by atoms with Crippen molar-refractivity contribution >= 4 is 34.5 Å². The highest BCUT2D eigenvalue weighted by atomic mass is 32.1. The number of halogens is 2. The summed E-state index contributed by atoms with van der Waals surface area (Å²) in [5.41, 5.74) is 0.911. The normalized spacial score (nSPS) is 10.3. The standard InChI is InChI=1S/C18H12F2N2O2S/c19-11-1-5-13(6-2-11)21-17(23)15-9-10-16(25-15)18(24)22-14-7-3-12(20)4-8-14/h1-10H,(H,21,23)(H,22,24). The van der Waals surface area contributed by atoms with Crippen LogP contribution in [-0.4, -0.2) is 11.8 Å². The second kappa shape index (κ2) is 7.23. The summed E-state index contributed by atoms with van der Waals surface area (Å²) in [6.07, 6.45) is 0. The van der Waals surface area contributed by atoms with Crippen molar-refractivity contribution < 1.29 is 18.4 Å². The molecule has 7 heteroatoms. The first kappa shape index (κ1) is 16.8. The van der Waals surface area contributed by atoms with Crippen molar-refractivity contribution in [3.8, 4) is 0 Å². The van der Waals surface area contributed by atoms with Crippen LogP contribution in [0.15, 0.2) is 60.7 Å². The molecule has 25 heavy (non-hydrogen) atoms. The molecule has 0 saturated carbocycles. The van der Waals surface area contributed by atoms with Gasteiger partial charge in [0.25, 0.3) is 11.8 Å². The topological polar surface area (TPSA) is 58.2 Å². The van der Waals surface area contributed by atoms with Gasteiger partial charge in [-0.15, -0.1) is 11.3 Å². The Labute approximate surface area is 146 Å². The maximum atomic E-state index is 12.9. The molecule has 3 rings (SSSR count). The van der Waals surface area contributed by atoms with Gasteiger partial charge in [0.05, 0.1) is 9.75 Å². The Hall–Kier alpha value is -3.06. The van der Waals surface area contributed by atoms with Crippen molar-refractivity contribution in [2.24, 2.45) is 0 Å². The van der Waals surface area contributed by atoms with E-state index in [1.54, 1.807) is 0 Å². The van der Waals surface area contributed by atoms with E-state index >= 15 is 0 Å². The minimum Gasteiger partial charge on any atom is -0.321 e. The highest BCUT2D eigenvalue weighted by Crippen LogP contribution is 2.20. The van der Waals surface area contributed by atoms with Crippen LogP contribution in [0, 0.1) is 11.6 Å². The molecule has 0 atom stereocenters. The van der Waals surface area contributed by atoms with Gasteiger partial charge in [-0.25, -0.2) is 8.78 Å². The molecule has 2 amide bonds. The number of amides is 2. The van der Waals surface area contributed by atoms with Gasteiger partial charge in [-0.3, -0.25) is 9.59 Å². The van der Waals surface area contributed by atoms with E-state index in [4.69, 9.17) is 0 Å². The molecule has 4 nitrogen and oxygen atoms in total. The monoisotopic (exact) mass is 358 g/mol. The van der Waals surface area contributed by atoms with E-state index in [9.17, 15) is 18.4 Å². The minimum atomic E-state index is -0.395. The molecule has 2 aromatic carbocycles. The van der Waals surface area contributed by atoms with Crippen molar-refractivity contribution in [1.29, 1.82) is 0 Å². The average Bonchev–Trinajstić information content (AvgIpc) is 3.09. The lowest BCUT2D eigenvalue weighted by Gasteiger charge is -2.04. The first-order chi connectivity index (χ1) is 12.0. The number of carbonyl (C=O) groups is 2. The van der Waals surface area contributed by atoms with Crippen molar-refractivity contribution in [1.82, 2.24) is 0 Å². The zero-order valence-corrected chi connectivity index (χ0v) is 13.6. The van der Waals surface area contributed by atoms with Crippen molar-refractivity contribution in [2.75, 3.05) is 10.6 Å². The molecule has 1 aromatic heterocycles. The van der Waals surface area contributed by atoms with E-state index in [-0.39, 0.29) is 0 Å². The molecule has 0 radical (unpaired) electrons. The van der Waals surface area contributed by atoms with Gasteiger partial charge in [0.1, 0.15) is 11.6 Å². The minimum absolute atomic E-state index is 0.341. The first-order valence-electron chi connectivity index (χ1n) is 7.25. The number of carbonyl (C=O) groups excluding carboxylic acids is 2. The van der Waals surface area contributed by atoms with Gasteiger partial charge in [-0.1, -0.05) is 0 Å². The van der Waals surface area contributed by atoms with Crippen LogP contribution in [0.25, 0.3) is 0 Å². The number of nitrogens with one attached hydrogen (secondary N) is 2. The van der Waals surface area contributed by atoms with Gasteiger partial charge in [-0.2, -0.15) is 0 Å². The molecule has 0 saturated heterocycles. The third-order valence-corrected chi connectivity index (χ3v) is 4.34. The van der Waals surface area contributed by atoms with Crippen LogP contribution in [0.4, 0.5) is 20.2 Å². The predicted molar refractivity (Wildman–Crippen MR) is 93.0 cm³/mol. The molecule has 0 aliphatic carbocycles. The van der Waals surface area contributed by atoms with Crippen LogP contribution >= 0.6 is 11.3 Å². The number of anilines is 2. The van der Waals surface area contributed by atoms with Gasteiger partial charge in [-0.05, 0) is 60.7 Å². The quantitative estimate of drug-likeness (QED) is 0.720. The molecule has 3 aromatic rings. The van der Waals surface area contributed by atoms with E-state index in [0.29, 0.717) is 21.1 Å². The summed E-state index contributed by atoms with van der Waals surface area (Å²) in [5, 5.41) is 5.25. The molecule has 0 unspecified atom stereocenters. The summed E-state index contributed by atoms with van der Waals surface area (Å²) in [6.45, 7) is 0. The summed E-state index contributed by atoms with van der Waals surface area (Å²) in [4.78, 5) is 25.0. The average molecular weight is 358 g/mol. The van der Waals surface area contributed by atoms with Crippen LogP contribution in [0.2, 0.25) is 0 Å². The highest BCUT2D eigenvalue weighted by Gasteiger charge is 2.14. The number of hydrogen-bond donors (Lipinski definition) is 2. The summed E-state index contributed by atoms with van der Waals surface area (Å²) >= 11 is 1.02. The Morgan fingerprint density at radius 2 is 1.00 bits per heavy atom. The Bertz CT molecular complexity index is 832. The van der Waals surface area contributed by atoms with Crippen molar-refractivity contribution in [3.63, 3.8) is 0 Å². The highest BCUT2D eigenvalue weighted by molar-refractivity contribution is 7.16. The second-order valence-corrected chi connectivity index (χ2v) is 6.17. The third-order valence-electron chi connectivity index (χ3n) is 3.26. The van der Waals surface area contributed by atoms with Crippen LogP contribution in [-0.2, 0) is 0 Å². The third kappa shape index (κ3) is 4.27. The summed E-state index contributed by atoms with van der Waals surface area (Å²) in [6, 6.07) is 13.8. The molecule has 2 N–H and O–H groups in total. The molecule has 0 spiro atoms. The molecule has 126 valence electrons. The SMILES string of the molecule is O=C(Nc1ccc(F)cc1)c1ccc(C(=O)Nc2ccc(F)cc2)s1. The molecule has 0 aliphatic heterocycles. The largest absolute Gasteiger partial charge is 0.321 e. The number of rotatable bonds is 4. The molecule has 0 bridgehead atoms. The van der Waals surface area contributed by atoms with E-state index in [1.165, 1.54) is 60.7 Å². The van der Waals surface area contributed by atoms with E-state index < -0.39 is 23.4 Å². The number of thiophene rings is 1. The zero-order valence-electron chi connectivity index (χ0n) is 12.8. The Balaban J connectivity index is 1.66. The maximum absolute atomic E-state index is 12.9. The lowest BCUT2D eigenvalue weighted by molar-refractivity contribution is 0.102. The smallest absolute Gasteiger partial charge is 0.265 e. The van der Waals surface area contributed by atoms with Crippen LogP contribution in [0.3, 0.4) is 0 Å². The fourth-order valence-electron chi connectivity index (χ4n) is 2.03. The molecular formula is C18H12F2N2O2S. The van der Waals surface area contributed by atoms with E-state index in [0.717, 1.165) is 11.3 Å². The predicted octanol–water partition coefficient (Wildman–Crippen LogP) is 4.53. The lowest BCUT2D eigenvalue weighted by Crippen LogP contribution is -2.11. The summed E-state index contributed by atoms with van der Waals surface area (Å²) in [7, 11) is 0. The molecule has 0 aliphatic rings. The summed E-state index contributed by atoms with van der Waals surface area (Å²) < 4.78 is 25.7. The fraction of sp³-hybridized carbons (Fsp3) is 0. The summed E-state index contributed by atoms with van der Waals surface area (Å²) in [5.74, 6) is -1.57. The first-order valence-corrected chi connectivity index (χ1v) is 8.06. The maximum Gasteiger partial charge on any atom is 0.265 e. The van der Waals surface area contributed by atoms with Gasteiger partial charge < -0.3 is 10.6 Å². The Morgan fingerprint density at radius 1 is 0.640 bits per heavy atom. The van der Waals surface area contributed by atoms with Gasteiger partial charge in [0, 0.05) is 11.4 Å². The van der Waals surface area contributed by atoms with E-state index in [2.05, 4.69) is 10.6 Å². The lowest BCUT2D eigenvalue weighted by atomic mass is 10.3. The Kier molecular flexibility index (Phi) is 4.85. The van der Waals surface area contributed by atoms with Crippen LogP contribution in [0.1, 0.15) is 19.3 Å². The fourth-order valence-corrected chi connectivity index (χ4v) is 2.83. The molecule has 0 fully saturated rings. The second-order valence-electron chi connectivity index (χ2n) is 5.09. The van der Waals surface area contributed by atoms with Gasteiger partial charge >= 0.3 is 0 Å². The number of benzene rings is 2.